The second-order valence-electron chi connectivity index (χ2n) is 4.12. The Morgan fingerprint density at radius 3 is 2.52 bits per heavy atom. The van der Waals surface area contributed by atoms with Crippen LogP contribution in [0.25, 0.3) is 0 Å². The summed E-state index contributed by atoms with van der Waals surface area (Å²) in [5, 5.41) is 0. The second-order valence-corrected chi connectivity index (χ2v) is 5.22. The average molecular weight is 314 g/mol. The molecule has 0 aliphatic carbocycles. The monoisotopic (exact) mass is 314 g/mol. The lowest BCUT2D eigenvalue weighted by Gasteiger charge is -2.02. The van der Waals surface area contributed by atoms with Crippen molar-refractivity contribution < 1.29 is 28.3 Å². The van der Waals surface area contributed by atoms with E-state index in [0.29, 0.717) is 29.4 Å². The van der Waals surface area contributed by atoms with Crippen LogP contribution in [0.5, 0.6) is 0 Å². The molecule has 21 heavy (non-hydrogen) atoms. The van der Waals surface area contributed by atoms with Crippen LogP contribution in [0.3, 0.4) is 0 Å². The van der Waals surface area contributed by atoms with Gasteiger partial charge >= 0.3 is 11.9 Å². The average Bonchev–Trinajstić information content (AvgIpc) is 2.82. The van der Waals surface area contributed by atoms with Crippen molar-refractivity contribution in [3.63, 3.8) is 0 Å². The van der Waals surface area contributed by atoms with Gasteiger partial charge in [0.05, 0.1) is 17.9 Å². The summed E-state index contributed by atoms with van der Waals surface area (Å²) >= 11 is 1.44. The maximum atomic E-state index is 11.6. The van der Waals surface area contributed by atoms with Gasteiger partial charge in [-0.1, -0.05) is 0 Å². The molecule has 0 saturated carbocycles. The molecule has 116 valence electrons. The minimum Gasteiger partial charge on any atom is -0.465 e. The molecule has 0 bridgehead atoms. The molecule has 1 aromatic heterocycles. The minimum atomic E-state index is -0.587. The molecule has 0 unspecified atom stereocenters. The van der Waals surface area contributed by atoms with Crippen LogP contribution in [0.4, 0.5) is 0 Å². The smallest absolute Gasteiger partial charge is 0.374 e. The number of furan rings is 1. The lowest BCUT2D eigenvalue weighted by Crippen LogP contribution is -2.03. The summed E-state index contributed by atoms with van der Waals surface area (Å²) in [6.07, 6.45) is 0. The van der Waals surface area contributed by atoms with Crippen molar-refractivity contribution in [3.8, 4) is 0 Å². The number of carbonyl (C=O) groups excluding carboxylic acids is 3. The maximum Gasteiger partial charge on any atom is 0.374 e. The summed E-state index contributed by atoms with van der Waals surface area (Å²) in [6, 6.07) is 1.41. The molecule has 0 spiro atoms. The van der Waals surface area contributed by atoms with E-state index < -0.39 is 5.97 Å². The van der Waals surface area contributed by atoms with E-state index in [4.69, 9.17) is 13.9 Å². The molecule has 1 rings (SSSR count). The number of thioether (sulfide) groups is 1. The van der Waals surface area contributed by atoms with E-state index in [9.17, 15) is 14.4 Å². The normalized spacial score (nSPS) is 10.2. The van der Waals surface area contributed by atoms with Crippen LogP contribution in [-0.4, -0.2) is 36.7 Å². The van der Waals surface area contributed by atoms with Gasteiger partial charge in [-0.3, -0.25) is 9.59 Å². The van der Waals surface area contributed by atoms with E-state index in [1.807, 2.05) is 0 Å². The molecule has 1 heterocycles. The molecule has 1 aromatic rings. The fraction of sp³-hybridized carbons (Fsp3) is 0.500. The van der Waals surface area contributed by atoms with E-state index in [1.165, 1.54) is 31.7 Å². The first kappa shape index (κ1) is 17.3. The van der Waals surface area contributed by atoms with Gasteiger partial charge < -0.3 is 13.9 Å². The van der Waals surface area contributed by atoms with E-state index in [-0.39, 0.29) is 24.1 Å². The van der Waals surface area contributed by atoms with Gasteiger partial charge in [0, 0.05) is 18.7 Å². The number of hydrogen-bond acceptors (Lipinski definition) is 7. The van der Waals surface area contributed by atoms with Gasteiger partial charge in [0.25, 0.3) is 0 Å². The zero-order valence-corrected chi connectivity index (χ0v) is 13.1. The predicted octanol–water partition coefficient (Wildman–Crippen LogP) is 2.46. The number of ether oxygens (including phenoxy) is 2. The Bertz CT molecular complexity index is 520. The Kier molecular flexibility index (Phi) is 7.01. The van der Waals surface area contributed by atoms with Gasteiger partial charge in [0.15, 0.2) is 5.78 Å². The predicted molar refractivity (Wildman–Crippen MR) is 77.5 cm³/mol. The third-order valence-electron chi connectivity index (χ3n) is 2.43. The first-order valence-corrected chi connectivity index (χ1v) is 7.63. The molecule has 0 aliphatic heterocycles. The first-order chi connectivity index (χ1) is 9.95. The molecule has 7 heteroatoms. The molecule has 0 amide bonds. The lowest BCUT2D eigenvalue weighted by molar-refractivity contribution is -0.140. The summed E-state index contributed by atoms with van der Waals surface area (Å²) < 4.78 is 15.0. The molecule has 0 radical (unpaired) electrons. The lowest BCUT2D eigenvalue weighted by atomic mass is 10.2. The molecular formula is C14H18O6S. The minimum absolute atomic E-state index is 0.0256. The van der Waals surface area contributed by atoms with Gasteiger partial charge in [-0.05, 0) is 13.8 Å². The van der Waals surface area contributed by atoms with Crippen molar-refractivity contribution in [2.45, 2.75) is 26.5 Å². The molecule has 0 fully saturated rings. The number of hydrogen-bond donors (Lipinski definition) is 0. The van der Waals surface area contributed by atoms with Gasteiger partial charge in [-0.25, -0.2) is 4.79 Å². The third kappa shape index (κ3) is 5.63. The number of esters is 2. The molecule has 0 N–H and O–H groups in total. The third-order valence-corrected chi connectivity index (χ3v) is 3.35. The van der Waals surface area contributed by atoms with Crippen LogP contribution in [0.2, 0.25) is 0 Å². The Labute approximate surface area is 127 Å². The molecule has 6 nitrogen and oxygen atoms in total. The van der Waals surface area contributed by atoms with Gasteiger partial charge in [0.1, 0.15) is 12.4 Å². The first-order valence-electron chi connectivity index (χ1n) is 6.47. The molecule has 0 saturated heterocycles. The summed E-state index contributed by atoms with van der Waals surface area (Å²) in [7, 11) is 0. The molecule has 0 atom stereocenters. The van der Waals surface area contributed by atoms with E-state index in [0.717, 1.165) is 0 Å². The Morgan fingerprint density at radius 2 is 1.95 bits per heavy atom. The number of rotatable bonds is 8. The van der Waals surface area contributed by atoms with Crippen molar-refractivity contribution in [1.29, 1.82) is 0 Å². The largest absolute Gasteiger partial charge is 0.465 e. The Hall–Kier alpha value is -1.76. The number of carbonyl (C=O) groups is 3. The highest BCUT2D eigenvalue weighted by Gasteiger charge is 2.20. The fourth-order valence-corrected chi connectivity index (χ4v) is 2.29. The van der Waals surface area contributed by atoms with Crippen LogP contribution in [0.15, 0.2) is 10.5 Å². The topological polar surface area (TPSA) is 82.8 Å². The quantitative estimate of drug-likeness (QED) is 0.414. The highest BCUT2D eigenvalue weighted by molar-refractivity contribution is 7.98. The summed E-state index contributed by atoms with van der Waals surface area (Å²) in [5.74, 6) is 0.349. The van der Waals surface area contributed by atoms with E-state index >= 15 is 0 Å². The number of ketones is 1. The van der Waals surface area contributed by atoms with E-state index in [2.05, 4.69) is 0 Å². The summed E-state index contributed by atoms with van der Waals surface area (Å²) in [6.45, 7) is 4.98. The van der Waals surface area contributed by atoms with Gasteiger partial charge in [-0.15, -0.1) is 0 Å². The molecule has 0 aliphatic rings. The fourth-order valence-electron chi connectivity index (χ4n) is 1.55. The van der Waals surface area contributed by atoms with Crippen LogP contribution in [0, 0.1) is 0 Å². The van der Waals surface area contributed by atoms with E-state index in [1.54, 1.807) is 6.92 Å². The number of Topliss-reactive ketones (excluding diaryl/α,β-unsaturated/α-hetero) is 1. The maximum absolute atomic E-state index is 11.6. The SMILES string of the molecule is CCOC(=O)c1cc(C(C)=O)c(CSCCOC(C)=O)o1. The van der Waals surface area contributed by atoms with Crippen molar-refractivity contribution in [1.82, 2.24) is 0 Å². The van der Waals surface area contributed by atoms with Crippen LogP contribution >= 0.6 is 11.8 Å². The standard InChI is InChI=1S/C14H18O6S/c1-4-18-14(17)12-7-11(9(2)15)13(20-12)8-21-6-5-19-10(3)16/h7H,4-6,8H2,1-3H3. The van der Waals surface area contributed by atoms with Crippen molar-refractivity contribution in [2.24, 2.45) is 0 Å². The molecular weight excluding hydrogens is 296 g/mol. The van der Waals surface area contributed by atoms with Gasteiger partial charge in [0.2, 0.25) is 5.76 Å². The van der Waals surface area contributed by atoms with Crippen molar-refractivity contribution in [2.75, 3.05) is 19.0 Å². The summed E-state index contributed by atoms with van der Waals surface area (Å²) in [5.41, 5.74) is 0.373. The highest BCUT2D eigenvalue weighted by atomic mass is 32.2. The molecule has 0 aromatic carbocycles. The second kappa shape index (κ2) is 8.51. The van der Waals surface area contributed by atoms with Crippen molar-refractivity contribution >= 4 is 29.5 Å². The zero-order chi connectivity index (χ0) is 15.8. The Morgan fingerprint density at radius 1 is 1.24 bits per heavy atom. The highest BCUT2D eigenvalue weighted by Crippen LogP contribution is 2.22. The van der Waals surface area contributed by atoms with Gasteiger partial charge in [-0.2, -0.15) is 11.8 Å². The summed E-state index contributed by atoms with van der Waals surface area (Å²) in [4.78, 5) is 33.8. The van der Waals surface area contributed by atoms with Crippen LogP contribution in [0.1, 0.15) is 47.4 Å². The van der Waals surface area contributed by atoms with Crippen molar-refractivity contribution in [3.05, 3.63) is 23.2 Å². The zero-order valence-electron chi connectivity index (χ0n) is 12.3. The van der Waals surface area contributed by atoms with Crippen LogP contribution < -0.4 is 0 Å². The Balaban J connectivity index is 2.65. The van der Waals surface area contributed by atoms with Crippen LogP contribution in [-0.2, 0) is 20.0 Å².